The summed E-state index contributed by atoms with van der Waals surface area (Å²) in [6.45, 7) is 0.469. The van der Waals surface area contributed by atoms with Crippen LogP contribution in [0.4, 0.5) is 19.3 Å². The number of ether oxygens (including phenoxy) is 4. The van der Waals surface area contributed by atoms with E-state index in [1.807, 2.05) is 36.4 Å². The molecule has 5 aliphatic rings. The molecule has 316 valence electrons. The molecule has 9 rings (SSSR count). The van der Waals surface area contributed by atoms with Crippen molar-refractivity contribution in [3.63, 3.8) is 0 Å². The summed E-state index contributed by atoms with van der Waals surface area (Å²) in [5.74, 6) is 0.0277. The summed E-state index contributed by atoms with van der Waals surface area (Å²) in [6.07, 6.45) is 5.47. The number of aromatic nitrogens is 1. The maximum Gasteiger partial charge on any atom is 0.414 e. The fourth-order valence-corrected chi connectivity index (χ4v) is 9.57. The van der Waals surface area contributed by atoms with Gasteiger partial charge in [0.25, 0.3) is 5.91 Å². The first-order chi connectivity index (χ1) is 29.1. The molecule has 11 nitrogen and oxygen atoms in total. The predicted octanol–water partition coefficient (Wildman–Crippen LogP) is 8.48. The number of amides is 2. The number of fused-ring (bicyclic) bond motifs is 3. The lowest BCUT2D eigenvalue weighted by Crippen LogP contribution is -2.53. The van der Waals surface area contributed by atoms with Gasteiger partial charge in [0.05, 0.1) is 13.2 Å². The Morgan fingerprint density at radius 1 is 0.900 bits per heavy atom. The smallest absolute Gasteiger partial charge is 0.414 e. The molecule has 60 heavy (non-hydrogen) atoms. The van der Waals surface area contributed by atoms with Crippen molar-refractivity contribution >= 4 is 58.6 Å². The van der Waals surface area contributed by atoms with E-state index in [-0.39, 0.29) is 43.0 Å². The van der Waals surface area contributed by atoms with Crippen molar-refractivity contribution in [3.8, 4) is 11.5 Å². The molecule has 4 aliphatic heterocycles. The third-order valence-electron chi connectivity index (χ3n) is 11.4. The average molecular weight is 883 g/mol. The molecule has 2 amide bonds. The highest BCUT2D eigenvalue weighted by molar-refractivity contribution is 8.00. The molecule has 0 unspecified atom stereocenters. The van der Waals surface area contributed by atoms with E-state index in [9.17, 15) is 23.2 Å². The molecular formula is C44H45Cl2F2N4O7S+. The molecule has 5 fully saturated rings. The van der Waals surface area contributed by atoms with Crippen molar-refractivity contribution in [1.29, 1.82) is 0 Å². The van der Waals surface area contributed by atoms with Crippen molar-refractivity contribution in [2.75, 3.05) is 43.4 Å². The number of nitrogens with one attached hydrogen (secondary N) is 1. The number of para-hydroxylation sites is 1. The van der Waals surface area contributed by atoms with Gasteiger partial charge in [-0.3, -0.25) is 14.6 Å². The molecule has 0 spiro atoms. The molecule has 3 aromatic carbocycles. The fraction of sp³-hybridized carbons (Fsp3) is 0.409. The van der Waals surface area contributed by atoms with Gasteiger partial charge < -0.3 is 23.8 Å². The number of thioether (sulfide) groups is 1. The third-order valence-corrected chi connectivity index (χ3v) is 13.2. The molecule has 1 saturated carbocycles. The van der Waals surface area contributed by atoms with Gasteiger partial charge in [0.15, 0.2) is 29.3 Å². The van der Waals surface area contributed by atoms with Gasteiger partial charge >= 0.3 is 18.7 Å². The van der Waals surface area contributed by atoms with E-state index < -0.39 is 30.2 Å². The maximum absolute atomic E-state index is 14.2. The van der Waals surface area contributed by atoms with Gasteiger partial charge in [0.2, 0.25) is 0 Å². The van der Waals surface area contributed by atoms with Gasteiger partial charge in [-0.15, -0.1) is 11.8 Å². The zero-order valence-electron chi connectivity index (χ0n) is 32.7. The number of carbonyl (C=O) groups is 3. The van der Waals surface area contributed by atoms with Gasteiger partial charge in [-0.2, -0.15) is 8.78 Å². The van der Waals surface area contributed by atoms with Crippen molar-refractivity contribution < 1.29 is 47.1 Å². The molecule has 4 aromatic rings. The number of aromatic amines is 1. The van der Waals surface area contributed by atoms with E-state index in [4.69, 9.17) is 42.1 Å². The van der Waals surface area contributed by atoms with Crippen LogP contribution in [0.1, 0.15) is 58.8 Å². The standard InChI is InChI=1S/C44H44Cl2F2N4O7S/c45-34-22-49-23-35(46)33(34)21-37(30-11-12-36(58-43(47)48)38(20-30)56-26-27-9-10-27)57-42(54)41-51(17-18-60-41)40(53)31-6-4-5-28(19-31)24-52(32-7-2-1-3-8-32)44(55)59-39-25-50-15-13-29(39)14-16-50/h1-8,11-12,19-20,22-23,27,29,37,39,41,43H,9-10,13-18,21,24-26H2/p+1/t37-,39-,41-/m0/s1. The van der Waals surface area contributed by atoms with Gasteiger partial charge in [-0.25, -0.2) is 14.6 Å². The molecule has 5 heterocycles. The number of carbonyl (C=O) groups excluding carboxylic acids is 3. The number of hydrogen-bond acceptors (Lipinski definition) is 9. The molecule has 1 N–H and O–H groups in total. The van der Waals surface area contributed by atoms with Crippen LogP contribution in [-0.4, -0.2) is 84.4 Å². The summed E-state index contributed by atoms with van der Waals surface area (Å²) < 4.78 is 49.8. The minimum Gasteiger partial charge on any atom is -0.489 e. The number of benzene rings is 3. The number of pyridine rings is 1. The van der Waals surface area contributed by atoms with Crippen LogP contribution in [0.5, 0.6) is 11.5 Å². The Hall–Kier alpha value is -4.63. The topological polar surface area (TPSA) is 112 Å². The Kier molecular flexibility index (Phi) is 13.3. The zero-order valence-corrected chi connectivity index (χ0v) is 35.0. The molecular weight excluding hydrogens is 837 g/mol. The third kappa shape index (κ3) is 10.1. The first kappa shape index (κ1) is 42.1. The molecule has 1 aromatic heterocycles. The number of hydrogen-bond donors (Lipinski definition) is 0. The number of anilines is 1. The van der Waals surface area contributed by atoms with Crippen LogP contribution in [0.3, 0.4) is 0 Å². The fourth-order valence-electron chi connectivity index (χ4n) is 7.94. The average Bonchev–Trinajstić information content (AvgIpc) is 3.96. The number of nitrogens with zero attached hydrogens (tertiary/aromatic N) is 3. The SMILES string of the molecule is O=C(O[C@@H](Cc1c(Cl)c[nH+]cc1Cl)c1ccc(OC(F)F)c(OCC2CC2)c1)[C@@H]1SCCN1C(=O)c1cccc(CN(C(=O)O[C@H]2CN3CCC2CC3)c2ccccc2)c1. The van der Waals surface area contributed by atoms with E-state index in [2.05, 4.69) is 9.88 Å². The Balaban J connectivity index is 1.01. The van der Waals surface area contributed by atoms with E-state index in [1.54, 1.807) is 35.5 Å². The van der Waals surface area contributed by atoms with Gasteiger partial charge in [0, 0.05) is 42.1 Å². The first-order valence-electron chi connectivity index (χ1n) is 20.1. The van der Waals surface area contributed by atoms with E-state index in [1.165, 1.54) is 34.9 Å². The van der Waals surface area contributed by atoms with Crippen molar-refractivity contribution in [1.82, 2.24) is 9.80 Å². The summed E-state index contributed by atoms with van der Waals surface area (Å²) in [4.78, 5) is 50.5. The summed E-state index contributed by atoms with van der Waals surface area (Å²) in [5.41, 5.74) is 2.63. The number of piperidine rings is 3. The van der Waals surface area contributed by atoms with Gasteiger partial charge in [-0.05, 0) is 98.1 Å². The first-order valence-corrected chi connectivity index (χ1v) is 21.9. The molecule has 4 saturated heterocycles. The molecule has 16 heteroatoms. The maximum atomic E-state index is 14.2. The Morgan fingerprint density at radius 3 is 2.37 bits per heavy atom. The highest BCUT2D eigenvalue weighted by atomic mass is 35.5. The van der Waals surface area contributed by atoms with Crippen LogP contribution >= 0.6 is 35.0 Å². The Morgan fingerprint density at radius 2 is 1.67 bits per heavy atom. The Labute approximate surface area is 361 Å². The van der Waals surface area contributed by atoms with Crippen LogP contribution in [-0.2, 0) is 27.2 Å². The molecule has 0 radical (unpaired) electrons. The summed E-state index contributed by atoms with van der Waals surface area (Å²) >= 11 is 14.4. The minimum atomic E-state index is -3.08. The van der Waals surface area contributed by atoms with Crippen LogP contribution in [0.25, 0.3) is 0 Å². The highest BCUT2D eigenvalue weighted by Gasteiger charge is 2.40. The number of rotatable bonds is 15. The second-order valence-electron chi connectivity index (χ2n) is 15.5. The number of H-pyrrole nitrogens is 1. The summed E-state index contributed by atoms with van der Waals surface area (Å²) in [6, 6.07) is 20.7. The number of alkyl halides is 2. The summed E-state index contributed by atoms with van der Waals surface area (Å²) in [5, 5.41) is -0.393. The molecule has 3 atom stereocenters. The minimum absolute atomic E-state index is 0.0303. The van der Waals surface area contributed by atoms with E-state index in [0.717, 1.165) is 45.3 Å². The van der Waals surface area contributed by atoms with Gasteiger partial charge in [0.1, 0.15) is 22.3 Å². The second kappa shape index (κ2) is 19.0. The number of esters is 1. The molecule has 2 bridgehead atoms. The number of halogens is 4. The lowest BCUT2D eigenvalue weighted by molar-refractivity contribution is -0.377. The van der Waals surface area contributed by atoms with Crippen molar-refractivity contribution in [2.24, 2.45) is 11.8 Å². The van der Waals surface area contributed by atoms with Crippen LogP contribution in [0.15, 0.2) is 85.2 Å². The predicted molar refractivity (Wildman–Crippen MR) is 223 cm³/mol. The molecule has 1 aliphatic carbocycles. The Bertz CT molecular complexity index is 2160. The lowest BCUT2D eigenvalue weighted by atomic mass is 9.86. The van der Waals surface area contributed by atoms with Gasteiger partial charge in [-0.1, -0.05) is 59.6 Å². The van der Waals surface area contributed by atoms with E-state index in [0.29, 0.717) is 62.2 Å². The highest BCUT2D eigenvalue weighted by Crippen LogP contribution is 2.39. The second-order valence-corrected chi connectivity index (χ2v) is 17.5. The monoisotopic (exact) mass is 881 g/mol. The largest absolute Gasteiger partial charge is 0.489 e. The van der Waals surface area contributed by atoms with Crippen LogP contribution in [0, 0.1) is 11.8 Å². The van der Waals surface area contributed by atoms with Crippen LogP contribution in [0.2, 0.25) is 10.0 Å². The quantitative estimate of drug-likeness (QED) is 0.109. The zero-order chi connectivity index (χ0) is 41.8. The van der Waals surface area contributed by atoms with Crippen LogP contribution < -0.4 is 19.4 Å². The van der Waals surface area contributed by atoms with E-state index >= 15 is 0 Å². The lowest BCUT2D eigenvalue weighted by Gasteiger charge is -2.44. The normalized spacial score (nSPS) is 21.4. The summed E-state index contributed by atoms with van der Waals surface area (Å²) in [7, 11) is 0. The van der Waals surface area contributed by atoms with Crippen molar-refractivity contribution in [2.45, 2.75) is 62.8 Å². The van der Waals surface area contributed by atoms with Crippen molar-refractivity contribution in [3.05, 3.63) is 117 Å².